The summed E-state index contributed by atoms with van der Waals surface area (Å²) < 4.78 is 0. The second-order valence-corrected chi connectivity index (χ2v) is 9.16. The lowest BCUT2D eigenvalue weighted by Gasteiger charge is -2.28. The lowest BCUT2D eigenvalue weighted by molar-refractivity contribution is 0.295. The highest BCUT2D eigenvalue weighted by Crippen LogP contribution is 2.44. The van der Waals surface area contributed by atoms with E-state index in [-0.39, 0.29) is 0 Å². The van der Waals surface area contributed by atoms with Crippen LogP contribution in [0.3, 0.4) is 0 Å². The Morgan fingerprint density at radius 2 is 1.87 bits per heavy atom. The quantitative estimate of drug-likeness (QED) is 0.450. The minimum Gasteiger partial charge on any atom is -0.383 e. The molecule has 5 heteroatoms. The highest BCUT2D eigenvalue weighted by Gasteiger charge is 2.22. The molecule has 0 spiro atoms. The summed E-state index contributed by atoms with van der Waals surface area (Å²) in [5, 5.41) is 3.70. The van der Waals surface area contributed by atoms with E-state index < -0.39 is 0 Å². The highest BCUT2D eigenvalue weighted by molar-refractivity contribution is 8.04. The van der Waals surface area contributed by atoms with Gasteiger partial charge in [-0.2, -0.15) is 0 Å². The van der Waals surface area contributed by atoms with Crippen LogP contribution in [0.5, 0.6) is 0 Å². The monoisotopic (exact) mass is 426 g/mol. The van der Waals surface area contributed by atoms with E-state index in [9.17, 15) is 0 Å². The summed E-state index contributed by atoms with van der Waals surface area (Å²) >= 11 is 1.87. The molecule has 2 aliphatic rings. The van der Waals surface area contributed by atoms with E-state index in [1.165, 1.54) is 46.3 Å². The minimum absolute atomic E-state index is 0.470. The van der Waals surface area contributed by atoms with E-state index >= 15 is 0 Å². The fraction of sp³-hybridized carbons (Fsp3) is 0.560. The average Bonchev–Trinajstić information content (AvgIpc) is 2.76. The standard InChI is InChI=1S/C25H38N4S/c1-6-28(7-2)16-10-11-19(5)26-20-12-14-22-24(17-20)30-25-18-21(29(8-3)9-4)13-15-23(25)27-22/h12-14,17-19,26H,6-11,15-16H2,1-5H3. The van der Waals surface area contributed by atoms with Crippen LogP contribution in [0.2, 0.25) is 0 Å². The van der Waals surface area contributed by atoms with Gasteiger partial charge in [-0.05, 0) is 77.5 Å². The van der Waals surface area contributed by atoms with Crippen molar-refractivity contribution >= 4 is 28.8 Å². The molecule has 1 heterocycles. The molecule has 30 heavy (non-hydrogen) atoms. The van der Waals surface area contributed by atoms with Gasteiger partial charge in [-0.1, -0.05) is 31.7 Å². The van der Waals surface area contributed by atoms with Crippen LogP contribution >= 0.6 is 11.8 Å². The molecule has 1 aromatic carbocycles. The molecule has 1 aliphatic carbocycles. The predicted molar refractivity (Wildman–Crippen MR) is 133 cm³/mol. The van der Waals surface area contributed by atoms with Crippen molar-refractivity contribution in [3.8, 4) is 0 Å². The Hall–Kier alpha value is -1.72. The topological polar surface area (TPSA) is 30.9 Å². The number of benzene rings is 1. The van der Waals surface area contributed by atoms with Crippen LogP contribution in [0, 0.1) is 0 Å². The van der Waals surface area contributed by atoms with Gasteiger partial charge in [0.05, 0.1) is 11.4 Å². The van der Waals surface area contributed by atoms with Gasteiger partial charge in [0.1, 0.15) is 0 Å². The number of fused-ring (bicyclic) bond motifs is 2. The predicted octanol–water partition coefficient (Wildman–Crippen LogP) is 6.30. The average molecular weight is 427 g/mol. The van der Waals surface area contributed by atoms with Gasteiger partial charge < -0.3 is 15.1 Å². The molecule has 1 aromatic rings. The van der Waals surface area contributed by atoms with E-state index in [2.05, 4.69) is 80.1 Å². The number of nitrogens with one attached hydrogen (secondary N) is 1. The second kappa shape index (κ2) is 11.1. The van der Waals surface area contributed by atoms with Gasteiger partial charge in [0, 0.05) is 46.7 Å². The summed E-state index contributed by atoms with van der Waals surface area (Å²) in [6, 6.07) is 7.09. The lowest BCUT2D eigenvalue weighted by Crippen LogP contribution is -2.25. The maximum Gasteiger partial charge on any atom is 0.0774 e. The number of allylic oxidation sites excluding steroid dienone is 3. The first-order chi connectivity index (χ1) is 14.6. The Kier molecular flexibility index (Phi) is 8.46. The van der Waals surface area contributed by atoms with Gasteiger partial charge in [-0.15, -0.1) is 0 Å². The van der Waals surface area contributed by atoms with Gasteiger partial charge in [0.25, 0.3) is 0 Å². The molecule has 1 N–H and O–H groups in total. The number of likely N-dealkylation sites (N-methyl/N-ethyl adjacent to an activating group) is 1. The zero-order chi connectivity index (χ0) is 21.5. The van der Waals surface area contributed by atoms with Crippen molar-refractivity contribution in [2.75, 3.05) is 38.0 Å². The van der Waals surface area contributed by atoms with E-state index in [1.807, 2.05) is 11.8 Å². The first-order valence-electron chi connectivity index (χ1n) is 11.6. The molecule has 0 aromatic heterocycles. The van der Waals surface area contributed by atoms with Crippen LogP contribution < -0.4 is 5.32 Å². The smallest absolute Gasteiger partial charge is 0.0774 e. The molecule has 0 amide bonds. The van der Waals surface area contributed by atoms with Crippen molar-refractivity contribution in [1.29, 1.82) is 0 Å². The number of hydrogen-bond donors (Lipinski definition) is 1. The van der Waals surface area contributed by atoms with E-state index in [0.29, 0.717) is 6.04 Å². The van der Waals surface area contributed by atoms with Gasteiger partial charge in [-0.3, -0.25) is 4.99 Å². The number of hydrogen-bond acceptors (Lipinski definition) is 5. The summed E-state index contributed by atoms with van der Waals surface area (Å²) in [5.74, 6) is 0. The van der Waals surface area contributed by atoms with Crippen LogP contribution in [0.4, 0.5) is 11.4 Å². The molecule has 1 atom stereocenters. The third-order valence-electron chi connectivity index (χ3n) is 6.05. The van der Waals surface area contributed by atoms with Gasteiger partial charge in [-0.25, -0.2) is 0 Å². The Balaban J connectivity index is 1.63. The maximum atomic E-state index is 4.95. The van der Waals surface area contributed by atoms with Crippen LogP contribution in [-0.4, -0.2) is 54.3 Å². The number of nitrogens with zero attached hydrogens (tertiary/aromatic N) is 3. The third-order valence-corrected chi connectivity index (χ3v) is 7.17. The zero-order valence-electron chi connectivity index (χ0n) is 19.4. The summed E-state index contributed by atoms with van der Waals surface area (Å²) in [6.45, 7) is 16.8. The number of anilines is 1. The van der Waals surface area contributed by atoms with E-state index in [0.717, 1.165) is 38.3 Å². The molecule has 4 nitrogen and oxygen atoms in total. The Morgan fingerprint density at radius 1 is 1.10 bits per heavy atom. The normalized spacial score (nSPS) is 16.3. The van der Waals surface area contributed by atoms with Gasteiger partial charge in [0.15, 0.2) is 0 Å². The first kappa shape index (κ1) is 23.0. The van der Waals surface area contributed by atoms with Gasteiger partial charge >= 0.3 is 0 Å². The molecule has 1 aliphatic heterocycles. The second-order valence-electron chi connectivity index (χ2n) is 8.07. The molecule has 164 valence electrons. The van der Waals surface area contributed by atoms with Crippen LogP contribution in [0.1, 0.15) is 53.9 Å². The van der Waals surface area contributed by atoms with Crippen LogP contribution in [0.25, 0.3) is 0 Å². The number of aliphatic imine (C=N–C) groups is 1. The van der Waals surface area contributed by atoms with Crippen molar-refractivity contribution in [1.82, 2.24) is 9.80 Å². The van der Waals surface area contributed by atoms with E-state index in [4.69, 9.17) is 4.99 Å². The molecule has 1 unspecified atom stereocenters. The Bertz CT molecular complexity index is 803. The molecular weight excluding hydrogens is 388 g/mol. The SMILES string of the molecule is CCN(CC)CCCC(C)Nc1ccc2c(c1)SC1=CC(N(CC)CC)=CCC1=N2. The first-order valence-corrected chi connectivity index (χ1v) is 12.4. The summed E-state index contributed by atoms with van der Waals surface area (Å²) in [7, 11) is 0. The molecule has 0 radical (unpaired) electrons. The summed E-state index contributed by atoms with van der Waals surface area (Å²) in [6.07, 6.45) is 7.98. The van der Waals surface area contributed by atoms with Crippen LogP contribution in [-0.2, 0) is 0 Å². The molecule has 3 rings (SSSR count). The van der Waals surface area contributed by atoms with Gasteiger partial charge in [0.2, 0.25) is 0 Å². The summed E-state index contributed by atoms with van der Waals surface area (Å²) in [4.78, 5) is 12.4. The molecule has 0 saturated heterocycles. The van der Waals surface area contributed by atoms with Crippen molar-refractivity contribution in [3.05, 3.63) is 41.0 Å². The van der Waals surface area contributed by atoms with Crippen molar-refractivity contribution in [3.63, 3.8) is 0 Å². The van der Waals surface area contributed by atoms with Crippen molar-refractivity contribution in [2.24, 2.45) is 4.99 Å². The molecular formula is C25H38N4S. The zero-order valence-corrected chi connectivity index (χ0v) is 20.2. The minimum atomic E-state index is 0.470. The summed E-state index contributed by atoms with van der Waals surface area (Å²) in [5.41, 5.74) is 4.84. The third kappa shape index (κ3) is 5.70. The molecule has 0 bridgehead atoms. The molecule has 0 fully saturated rings. The molecule has 0 saturated carbocycles. The lowest BCUT2D eigenvalue weighted by atomic mass is 10.1. The Labute approximate surface area is 187 Å². The van der Waals surface area contributed by atoms with Crippen molar-refractivity contribution < 1.29 is 0 Å². The van der Waals surface area contributed by atoms with Crippen LogP contribution in [0.15, 0.2) is 50.8 Å². The fourth-order valence-electron chi connectivity index (χ4n) is 4.14. The Morgan fingerprint density at radius 3 is 2.57 bits per heavy atom. The van der Waals surface area contributed by atoms with E-state index in [1.54, 1.807) is 0 Å². The number of thioether (sulfide) groups is 1. The largest absolute Gasteiger partial charge is 0.383 e. The maximum absolute atomic E-state index is 4.95. The van der Waals surface area contributed by atoms with Crippen molar-refractivity contribution in [2.45, 2.75) is 64.8 Å². The highest BCUT2D eigenvalue weighted by atomic mass is 32.2. The fourth-order valence-corrected chi connectivity index (χ4v) is 5.20. The number of rotatable bonds is 11.